The van der Waals surface area contributed by atoms with Crippen molar-refractivity contribution in [3.8, 4) is 0 Å². The summed E-state index contributed by atoms with van der Waals surface area (Å²) in [5, 5.41) is 5.73. The van der Waals surface area contributed by atoms with Gasteiger partial charge in [0.2, 0.25) is 11.8 Å². The van der Waals surface area contributed by atoms with Crippen molar-refractivity contribution in [1.82, 2.24) is 15.5 Å². The van der Waals surface area contributed by atoms with Crippen LogP contribution < -0.4 is 10.6 Å². The first-order chi connectivity index (χ1) is 19.1. The molecule has 3 rings (SSSR count). The van der Waals surface area contributed by atoms with Crippen molar-refractivity contribution in [1.29, 1.82) is 0 Å². The molecule has 1 heterocycles. The Hall–Kier alpha value is -3.88. The lowest BCUT2D eigenvalue weighted by Gasteiger charge is -2.39. The van der Waals surface area contributed by atoms with Gasteiger partial charge in [-0.15, -0.1) is 0 Å². The number of nitrogens with one attached hydrogen (secondary N) is 2. The number of hydrogen-bond acceptors (Lipinski definition) is 6. The number of carbonyl (C=O) groups excluding carboxylic acids is 4. The van der Waals surface area contributed by atoms with E-state index in [4.69, 9.17) is 4.74 Å². The highest BCUT2D eigenvalue weighted by Crippen LogP contribution is 2.31. The van der Waals surface area contributed by atoms with E-state index >= 15 is 0 Å². The van der Waals surface area contributed by atoms with Gasteiger partial charge < -0.3 is 25.0 Å². The van der Waals surface area contributed by atoms with E-state index in [2.05, 4.69) is 15.4 Å². The molecule has 2 aromatic rings. The van der Waals surface area contributed by atoms with Crippen molar-refractivity contribution in [3.05, 3.63) is 71.8 Å². The van der Waals surface area contributed by atoms with Crippen molar-refractivity contribution >= 4 is 23.9 Å². The van der Waals surface area contributed by atoms with Crippen LogP contribution >= 0.6 is 0 Å². The van der Waals surface area contributed by atoms with Gasteiger partial charge in [0, 0.05) is 25.4 Å². The van der Waals surface area contributed by atoms with Gasteiger partial charge in [-0.25, -0.2) is 4.79 Å². The van der Waals surface area contributed by atoms with Gasteiger partial charge in [-0.3, -0.25) is 14.4 Å². The van der Waals surface area contributed by atoms with Gasteiger partial charge in [-0.05, 0) is 57.6 Å². The number of carbonyl (C=O) groups is 4. The molecule has 0 radical (unpaired) electrons. The van der Waals surface area contributed by atoms with Crippen molar-refractivity contribution in [2.45, 2.75) is 76.5 Å². The van der Waals surface area contributed by atoms with Gasteiger partial charge in [0.05, 0.1) is 7.11 Å². The number of rotatable bonds is 10. The van der Waals surface area contributed by atoms with Crippen LogP contribution in [0.5, 0.6) is 0 Å². The Morgan fingerprint density at radius 1 is 0.950 bits per heavy atom. The molecular formula is C31H41N3O6. The summed E-state index contributed by atoms with van der Waals surface area (Å²) in [7, 11) is 1.33. The average Bonchev–Trinajstić information content (AvgIpc) is 2.94. The molecule has 1 aliphatic heterocycles. The molecule has 1 aliphatic rings. The van der Waals surface area contributed by atoms with Crippen LogP contribution in [-0.2, 0) is 23.9 Å². The summed E-state index contributed by atoms with van der Waals surface area (Å²) in [6.07, 6.45) is 1.99. The Morgan fingerprint density at radius 3 is 2.10 bits per heavy atom. The molecule has 1 saturated heterocycles. The fraction of sp³-hybridized carbons (Fsp3) is 0.484. The maximum atomic E-state index is 14.4. The van der Waals surface area contributed by atoms with E-state index < -0.39 is 29.7 Å². The molecule has 0 bridgehead atoms. The smallest absolute Gasteiger partial charge is 0.408 e. The van der Waals surface area contributed by atoms with Crippen LogP contribution in [0.3, 0.4) is 0 Å². The Bertz CT molecular complexity index is 1090. The SMILES string of the molecule is COC(=O)CCCNC(=O)[C@@H]1CCCCN1C(=O)[C@H](NC(=O)OC(C)(C)C)C(c1ccccc1)c1ccccc1. The molecule has 0 unspecified atom stereocenters. The summed E-state index contributed by atoms with van der Waals surface area (Å²) >= 11 is 0. The van der Waals surface area contributed by atoms with Crippen LogP contribution in [0.15, 0.2) is 60.7 Å². The van der Waals surface area contributed by atoms with Crippen molar-refractivity contribution in [3.63, 3.8) is 0 Å². The molecule has 40 heavy (non-hydrogen) atoms. The zero-order valence-electron chi connectivity index (χ0n) is 23.9. The topological polar surface area (TPSA) is 114 Å². The lowest BCUT2D eigenvalue weighted by molar-refractivity contribution is -0.144. The van der Waals surface area contributed by atoms with Crippen molar-refractivity contribution < 1.29 is 28.7 Å². The third kappa shape index (κ3) is 8.83. The van der Waals surface area contributed by atoms with Crippen LogP contribution in [0.25, 0.3) is 0 Å². The van der Waals surface area contributed by atoms with Gasteiger partial charge in [0.1, 0.15) is 17.7 Å². The Balaban J connectivity index is 1.93. The first-order valence-electron chi connectivity index (χ1n) is 13.8. The first kappa shape index (κ1) is 30.7. The highest BCUT2D eigenvalue weighted by molar-refractivity contribution is 5.92. The molecule has 9 nitrogen and oxygen atoms in total. The molecule has 9 heteroatoms. The van der Waals surface area contributed by atoms with Crippen LogP contribution in [0.2, 0.25) is 0 Å². The molecule has 2 aromatic carbocycles. The van der Waals surface area contributed by atoms with E-state index in [1.165, 1.54) is 7.11 Å². The minimum atomic E-state index is -1.02. The van der Waals surface area contributed by atoms with E-state index in [9.17, 15) is 19.2 Å². The maximum absolute atomic E-state index is 14.4. The largest absolute Gasteiger partial charge is 0.469 e. The Labute approximate surface area is 236 Å². The molecule has 2 N–H and O–H groups in total. The van der Waals surface area contributed by atoms with Crippen LogP contribution in [0.4, 0.5) is 4.79 Å². The second kappa shape index (κ2) is 14.5. The van der Waals surface area contributed by atoms with Crippen LogP contribution in [0.1, 0.15) is 69.9 Å². The number of esters is 1. The summed E-state index contributed by atoms with van der Waals surface area (Å²) in [6, 6.07) is 17.4. The second-order valence-electron chi connectivity index (χ2n) is 10.9. The quantitative estimate of drug-likeness (QED) is 0.339. The standard InChI is InChI=1S/C31H41N3O6/c1-31(2,3)40-30(38)33-27(26(22-14-7-5-8-15-22)23-16-9-6-10-17-23)29(37)34-21-12-11-18-24(34)28(36)32-20-13-19-25(35)39-4/h5-10,14-17,24,26-27H,11-13,18-21H2,1-4H3,(H,32,36)(H,33,38)/t24-,27+/m0/s1. The molecule has 216 valence electrons. The first-order valence-corrected chi connectivity index (χ1v) is 13.8. The highest BCUT2D eigenvalue weighted by atomic mass is 16.6. The van der Waals surface area contributed by atoms with E-state index in [0.717, 1.165) is 24.0 Å². The second-order valence-corrected chi connectivity index (χ2v) is 10.9. The van der Waals surface area contributed by atoms with Gasteiger partial charge in [-0.2, -0.15) is 0 Å². The number of ether oxygens (including phenoxy) is 2. The number of hydrogen-bond donors (Lipinski definition) is 2. The van der Waals surface area contributed by atoms with Gasteiger partial charge in [0.25, 0.3) is 0 Å². The molecular weight excluding hydrogens is 510 g/mol. The lowest BCUT2D eigenvalue weighted by Crippen LogP contribution is -2.59. The molecule has 1 fully saturated rings. The zero-order chi connectivity index (χ0) is 29.1. The minimum Gasteiger partial charge on any atom is -0.469 e. The Kier molecular flexibility index (Phi) is 11.1. The fourth-order valence-corrected chi connectivity index (χ4v) is 4.93. The van der Waals surface area contributed by atoms with E-state index in [-0.39, 0.29) is 24.2 Å². The molecule has 0 aromatic heterocycles. The highest BCUT2D eigenvalue weighted by Gasteiger charge is 2.41. The maximum Gasteiger partial charge on any atom is 0.408 e. The summed E-state index contributed by atoms with van der Waals surface area (Å²) in [5.74, 6) is -1.48. The summed E-state index contributed by atoms with van der Waals surface area (Å²) in [6.45, 7) is 5.98. The third-order valence-corrected chi connectivity index (χ3v) is 6.76. The van der Waals surface area contributed by atoms with E-state index in [1.54, 1.807) is 25.7 Å². The zero-order valence-corrected chi connectivity index (χ0v) is 23.9. The third-order valence-electron chi connectivity index (χ3n) is 6.76. The summed E-state index contributed by atoms with van der Waals surface area (Å²) < 4.78 is 10.2. The Morgan fingerprint density at radius 2 is 1.55 bits per heavy atom. The number of nitrogens with zero attached hydrogens (tertiary/aromatic N) is 1. The van der Waals surface area contributed by atoms with Crippen LogP contribution in [0, 0.1) is 0 Å². The normalized spacial score (nSPS) is 16.1. The number of piperidine rings is 1. The van der Waals surface area contributed by atoms with E-state index in [0.29, 0.717) is 25.9 Å². The minimum absolute atomic E-state index is 0.196. The van der Waals surface area contributed by atoms with Crippen molar-refractivity contribution in [2.75, 3.05) is 20.2 Å². The molecule has 0 saturated carbocycles. The van der Waals surface area contributed by atoms with Gasteiger partial charge in [0.15, 0.2) is 0 Å². The monoisotopic (exact) mass is 551 g/mol. The van der Waals surface area contributed by atoms with Crippen LogP contribution in [-0.4, -0.2) is 66.7 Å². The number of benzene rings is 2. The lowest BCUT2D eigenvalue weighted by atomic mass is 9.83. The van der Waals surface area contributed by atoms with Gasteiger partial charge >= 0.3 is 12.1 Å². The van der Waals surface area contributed by atoms with E-state index in [1.807, 2.05) is 60.7 Å². The summed E-state index contributed by atoms with van der Waals surface area (Å²) in [5.41, 5.74) is 0.942. The van der Waals surface area contributed by atoms with Gasteiger partial charge in [-0.1, -0.05) is 60.7 Å². The molecule has 0 aliphatic carbocycles. The average molecular weight is 552 g/mol. The molecule has 2 atom stereocenters. The number of amides is 3. The summed E-state index contributed by atoms with van der Waals surface area (Å²) in [4.78, 5) is 53.7. The number of alkyl carbamates (subject to hydrolysis) is 1. The number of methoxy groups -OCH3 is 1. The molecule has 3 amide bonds. The number of likely N-dealkylation sites (tertiary alicyclic amines) is 1. The predicted octanol–water partition coefficient (Wildman–Crippen LogP) is 4.16. The predicted molar refractivity (Wildman–Crippen MR) is 151 cm³/mol. The fourth-order valence-electron chi connectivity index (χ4n) is 4.93. The molecule has 0 spiro atoms. The van der Waals surface area contributed by atoms with Crippen molar-refractivity contribution in [2.24, 2.45) is 0 Å².